The zero-order valence-electron chi connectivity index (χ0n) is 13.8. The molecule has 1 aromatic carbocycles. The van der Waals surface area contributed by atoms with Crippen molar-refractivity contribution >= 4 is 33.6 Å². The van der Waals surface area contributed by atoms with E-state index >= 15 is 0 Å². The number of rotatable bonds is 4. The lowest BCUT2D eigenvalue weighted by atomic mass is 9.94. The molecule has 2 atom stereocenters. The van der Waals surface area contributed by atoms with Gasteiger partial charge in [-0.3, -0.25) is 4.79 Å². The predicted molar refractivity (Wildman–Crippen MR) is 93.3 cm³/mol. The van der Waals surface area contributed by atoms with E-state index in [2.05, 4.69) is 31.0 Å². The second-order valence-corrected chi connectivity index (χ2v) is 6.66. The molecular formula is C17H13BrF3N3O3. The average molecular weight is 444 g/mol. The lowest BCUT2D eigenvalue weighted by molar-refractivity contribution is -0.274. The summed E-state index contributed by atoms with van der Waals surface area (Å²) in [5.74, 6) is -1.27. The molecule has 0 radical (unpaired) electrons. The number of amides is 3. The van der Waals surface area contributed by atoms with E-state index in [1.54, 1.807) is 25.3 Å². The molecule has 0 bridgehead atoms. The first-order valence-corrected chi connectivity index (χ1v) is 8.57. The lowest BCUT2D eigenvalue weighted by Crippen LogP contribution is -2.34. The van der Waals surface area contributed by atoms with Crippen LogP contribution < -0.4 is 15.0 Å². The number of alkyl halides is 3. The minimum Gasteiger partial charge on any atom is -0.406 e. The van der Waals surface area contributed by atoms with E-state index < -0.39 is 30.1 Å². The Morgan fingerprint density at radius 2 is 1.89 bits per heavy atom. The highest BCUT2D eigenvalue weighted by Crippen LogP contribution is 2.30. The molecule has 1 saturated heterocycles. The number of nitrogens with one attached hydrogen (secondary N) is 1. The number of nitrogens with zero attached hydrogens (tertiary/aromatic N) is 2. The Morgan fingerprint density at radius 1 is 1.22 bits per heavy atom. The van der Waals surface area contributed by atoms with Gasteiger partial charge in [0.15, 0.2) is 0 Å². The van der Waals surface area contributed by atoms with Crippen LogP contribution in [0, 0.1) is 0 Å². The molecule has 3 amide bonds. The van der Waals surface area contributed by atoms with Gasteiger partial charge in [0.1, 0.15) is 16.4 Å². The molecule has 2 aromatic rings. The fourth-order valence-electron chi connectivity index (χ4n) is 2.77. The standard InChI is InChI=1S/C17H13BrF3N3O3/c1-9(10-6-7-22-13(18)8-10)14-15(25)24(16(26)23-14)11-2-4-12(5-3-11)27-17(19,20)21/h2-9,14H,1H3,(H,23,26). The van der Waals surface area contributed by atoms with Crippen LogP contribution in [-0.4, -0.2) is 29.3 Å². The van der Waals surface area contributed by atoms with E-state index in [-0.39, 0.29) is 11.6 Å². The highest BCUT2D eigenvalue weighted by Gasteiger charge is 2.42. The van der Waals surface area contributed by atoms with Crippen LogP contribution in [0.1, 0.15) is 18.4 Å². The summed E-state index contributed by atoms with van der Waals surface area (Å²) < 4.78 is 41.1. The summed E-state index contributed by atoms with van der Waals surface area (Å²) in [7, 11) is 0. The van der Waals surface area contributed by atoms with Crippen LogP contribution in [0.3, 0.4) is 0 Å². The number of carbonyl (C=O) groups excluding carboxylic acids is 2. The largest absolute Gasteiger partial charge is 0.573 e. The molecule has 1 fully saturated rings. The molecule has 6 nitrogen and oxygen atoms in total. The first kappa shape index (κ1) is 19.2. The van der Waals surface area contributed by atoms with Gasteiger partial charge in [-0.15, -0.1) is 13.2 Å². The Hall–Kier alpha value is -2.62. The van der Waals surface area contributed by atoms with Gasteiger partial charge in [-0.25, -0.2) is 14.7 Å². The molecule has 1 aromatic heterocycles. The maximum absolute atomic E-state index is 12.7. The zero-order valence-corrected chi connectivity index (χ0v) is 15.4. The number of carbonyl (C=O) groups is 2. The zero-order chi connectivity index (χ0) is 19.8. The fraction of sp³-hybridized carbons (Fsp3) is 0.235. The summed E-state index contributed by atoms with van der Waals surface area (Å²) >= 11 is 3.26. The van der Waals surface area contributed by atoms with Crippen molar-refractivity contribution in [2.45, 2.75) is 25.2 Å². The first-order chi connectivity index (χ1) is 12.7. The van der Waals surface area contributed by atoms with Crippen LogP contribution in [0.4, 0.5) is 23.7 Å². The molecule has 27 heavy (non-hydrogen) atoms. The molecule has 0 saturated carbocycles. The van der Waals surface area contributed by atoms with Crippen molar-refractivity contribution in [1.29, 1.82) is 0 Å². The molecule has 2 heterocycles. The summed E-state index contributed by atoms with van der Waals surface area (Å²) in [6.45, 7) is 1.79. The summed E-state index contributed by atoms with van der Waals surface area (Å²) in [4.78, 5) is 29.9. The van der Waals surface area contributed by atoms with Crippen molar-refractivity contribution in [3.63, 3.8) is 0 Å². The van der Waals surface area contributed by atoms with Gasteiger partial charge in [-0.05, 0) is 57.9 Å². The van der Waals surface area contributed by atoms with Crippen molar-refractivity contribution in [3.05, 3.63) is 52.8 Å². The molecule has 0 spiro atoms. The van der Waals surface area contributed by atoms with Crippen LogP contribution >= 0.6 is 15.9 Å². The Labute approximate surface area is 160 Å². The maximum atomic E-state index is 12.7. The summed E-state index contributed by atoms with van der Waals surface area (Å²) in [5.41, 5.74) is 0.948. The highest BCUT2D eigenvalue weighted by molar-refractivity contribution is 9.10. The number of halogens is 4. The molecule has 2 unspecified atom stereocenters. The van der Waals surface area contributed by atoms with Gasteiger partial charge < -0.3 is 10.1 Å². The lowest BCUT2D eigenvalue weighted by Gasteiger charge is -2.18. The van der Waals surface area contributed by atoms with Gasteiger partial charge in [0, 0.05) is 12.1 Å². The van der Waals surface area contributed by atoms with Crippen LogP contribution in [0.25, 0.3) is 0 Å². The number of imide groups is 1. The predicted octanol–water partition coefficient (Wildman–Crippen LogP) is 3.97. The van der Waals surface area contributed by atoms with Gasteiger partial charge in [0.05, 0.1) is 5.69 Å². The maximum Gasteiger partial charge on any atom is 0.573 e. The molecule has 10 heteroatoms. The third-order valence-electron chi connectivity index (χ3n) is 4.07. The number of benzene rings is 1. The summed E-state index contributed by atoms with van der Waals surface area (Å²) in [6.07, 6.45) is -3.24. The van der Waals surface area contributed by atoms with Crippen molar-refractivity contribution in [2.75, 3.05) is 4.90 Å². The van der Waals surface area contributed by atoms with E-state index in [4.69, 9.17) is 0 Å². The SMILES string of the molecule is CC(c1ccnc(Br)c1)C1NC(=O)N(c2ccc(OC(F)(F)F)cc2)C1=O. The van der Waals surface area contributed by atoms with Crippen molar-refractivity contribution < 1.29 is 27.5 Å². The van der Waals surface area contributed by atoms with Crippen LogP contribution in [0.15, 0.2) is 47.2 Å². The molecule has 1 aliphatic rings. The van der Waals surface area contributed by atoms with E-state index in [0.717, 1.165) is 22.6 Å². The van der Waals surface area contributed by atoms with Gasteiger partial charge in [-0.2, -0.15) is 0 Å². The van der Waals surface area contributed by atoms with Crippen molar-refractivity contribution in [1.82, 2.24) is 10.3 Å². The minimum atomic E-state index is -4.82. The molecule has 142 valence electrons. The molecule has 1 aliphatic heterocycles. The number of aromatic nitrogens is 1. The number of hydrogen-bond donors (Lipinski definition) is 1. The van der Waals surface area contributed by atoms with E-state index in [1.807, 2.05) is 0 Å². The number of ether oxygens (including phenoxy) is 1. The number of urea groups is 1. The Kier molecular flexibility index (Phi) is 5.09. The molecule has 1 N–H and O–H groups in total. The van der Waals surface area contributed by atoms with Crippen molar-refractivity contribution in [3.8, 4) is 5.75 Å². The Balaban J connectivity index is 1.80. The summed E-state index contributed by atoms with van der Waals surface area (Å²) in [5, 5.41) is 2.61. The Bertz CT molecular complexity index is 874. The van der Waals surface area contributed by atoms with E-state index in [9.17, 15) is 22.8 Å². The molecular weight excluding hydrogens is 431 g/mol. The number of anilines is 1. The third-order valence-corrected chi connectivity index (χ3v) is 4.51. The van der Waals surface area contributed by atoms with Crippen LogP contribution in [0.2, 0.25) is 0 Å². The fourth-order valence-corrected chi connectivity index (χ4v) is 3.15. The van der Waals surface area contributed by atoms with E-state index in [0.29, 0.717) is 4.60 Å². The highest BCUT2D eigenvalue weighted by atomic mass is 79.9. The molecule has 3 rings (SSSR count). The van der Waals surface area contributed by atoms with Gasteiger partial charge in [0.25, 0.3) is 5.91 Å². The normalized spacial score (nSPS) is 18.4. The topological polar surface area (TPSA) is 71.5 Å². The van der Waals surface area contributed by atoms with Gasteiger partial charge >= 0.3 is 12.4 Å². The smallest absolute Gasteiger partial charge is 0.406 e. The number of pyridine rings is 1. The average Bonchev–Trinajstić information content (AvgIpc) is 2.88. The second-order valence-electron chi connectivity index (χ2n) is 5.84. The minimum absolute atomic E-state index is 0.151. The summed E-state index contributed by atoms with van der Waals surface area (Å²) in [6, 6.07) is 6.55. The first-order valence-electron chi connectivity index (χ1n) is 7.77. The van der Waals surface area contributed by atoms with E-state index in [1.165, 1.54) is 12.1 Å². The van der Waals surface area contributed by atoms with Crippen molar-refractivity contribution in [2.24, 2.45) is 0 Å². The van der Waals surface area contributed by atoms with Gasteiger partial charge in [0.2, 0.25) is 0 Å². The number of hydrogen-bond acceptors (Lipinski definition) is 4. The quantitative estimate of drug-likeness (QED) is 0.573. The van der Waals surface area contributed by atoms with Gasteiger partial charge in [-0.1, -0.05) is 6.92 Å². The second kappa shape index (κ2) is 7.18. The van der Waals surface area contributed by atoms with Crippen LogP contribution in [0.5, 0.6) is 5.75 Å². The monoisotopic (exact) mass is 443 g/mol. The third kappa shape index (κ3) is 4.21. The Morgan fingerprint density at radius 3 is 2.48 bits per heavy atom. The molecule has 0 aliphatic carbocycles. The van der Waals surface area contributed by atoms with Crippen LogP contribution in [-0.2, 0) is 4.79 Å².